The van der Waals surface area contributed by atoms with Gasteiger partial charge in [-0.1, -0.05) is 11.6 Å². The Morgan fingerprint density at radius 2 is 2.12 bits per heavy atom. The quantitative estimate of drug-likeness (QED) is 0.813. The molecule has 1 aromatic rings. The second kappa shape index (κ2) is 5.28. The zero-order valence-corrected chi connectivity index (χ0v) is 11.4. The van der Waals surface area contributed by atoms with Crippen molar-refractivity contribution in [3.8, 4) is 0 Å². The van der Waals surface area contributed by atoms with Gasteiger partial charge in [-0.3, -0.25) is 4.90 Å². The molecule has 0 amide bonds. The molecule has 1 aromatic carbocycles. The van der Waals surface area contributed by atoms with E-state index in [9.17, 15) is 0 Å². The van der Waals surface area contributed by atoms with E-state index >= 15 is 0 Å². The van der Waals surface area contributed by atoms with Crippen LogP contribution in [-0.2, 0) is 6.54 Å². The van der Waals surface area contributed by atoms with Gasteiger partial charge in [0.1, 0.15) is 0 Å². The number of anilines is 1. The maximum atomic E-state index is 6.21. The van der Waals surface area contributed by atoms with Crippen molar-refractivity contribution in [1.82, 2.24) is 4.90 Å². The van der Waals surface area contributed by atoms with Crippen molar-refractivity contribution in [2.24, 2.45) is 5.92 Å². The molecule has 0 atom stereocenters. The molecule has 2 rings (SSSR count). The fraction of sp³-hybridized carbons (Fsp3) is 0.571. The number of hydrogen-bond acceptors (Lipinski definition) is 2. The molecule has 1 aliphatic carbocycles. The van der Waals surface area contributed by atoms with Crippen LogP contribution in [-0.4, -0.2) is 17.5 Å². The Labute approximate surface area is 109 Å². The molecule has 94 valence electrons. The zero-order chi connectivity index (χ0) is 12.4. The third-order valence-electron chi connectivity index (χ3n) is 3.36. The normalized spacial score (nSPS) is 15.8. The van der Waals surface area contributed by atoms with Gasteiger partial charge in [-0.05, 0) is 56.4 Å². The van der Waals surface area contributed by atoms with Gasteiger partial charge in [0.2, 0.25) is 0 Å². The lowest BCUT2D eigenvalue weighted by Gasteiger charge is -2.27. The highest BCUT2D eigenvalue weighted by Crippen LogP contribution is 2.31. The summed E-state index contributed by atoms with van der Waals surface area (Å²) in [6, 6.07) is 6.28. The lowest BCUT2D eigenvalue weighted by Crippen LogP contribution is -2.32. The molecule has 17 heavy (non-hydrogen) atoms. The van der Waals surface area contributed by atoms with Gasteiger partial charge in [-0.15, -0.1) is 0 Å². The van der Waals surface area contributed by atoms with E-state index in [0.717, 1.165) is 28.7 Å². The molecular formula is C14H21ClN2. The topological polar surface area (TPSA) is 29.3 Å². The molecule has 0 spiro atoms. The first-order valence-corrected chi connectivity index (χ1v) is 6.72. The maximum absolute atomic E-state index is 6.21. The molecule has 3 heteroatoms. The van der Waals surface area contributed by atoms with Crippen molar-refractivity contribution in [3.05, 3.63) is 28.8 Å². The highest BCUT2D eigenvalue weighted by molar-refractivity contribution is 6.31. The van der Waals surface area contributed by atoms with E-state index in [0.29, 0.717) is 6.04 Å². The third-order valence-corrected chi connectivity index (χ3v) is 3.73. The Hall–Kier alpha value is -0.730. The number of nitrogens with zero attached hydrogens (tertiary/aromatic N) is 1. The summed E-state index contributed by atoms with van der Waals surface area (Å²) in [5.41, 5.74) is 7.75. The van der Waals surface area contributed by atoms with Crippen molar-refractivity contribution in [2.75, 3.05) is 12.3 Å². The highest BCUT2D eigenvalue weighted by atomic mass is 35.5. The Morgan fingerprint density at radius 1 is 1.41 bits per heavy atom. The lowest BCUT2D eigenvalue weighted by molar-refractivity contribution is 0.204. The lowest BCUT2D eigenvalue weighted by atomic mass is 10.1. The predicted octanol–water partition coefficient (Wildman–Crippen LogP) is 3.54. The van der Waals surface area contributed by atoms with Gasteiger partial charge >= 0.3 is 0 Å². The van der Waals surface area contributed by atoms with E-state index in [1.807, 2.05) is 18.2 Å². The predicted molar refractivity (Wildman–Crippen MR) is 74.1 cm³/mol. The molecule has 2 N–H and O–H groups in total. The number of nitrogens with two attached hydrogens (primary N) is 1. The van der Waals surface area contributed by atoms with Crippen LogP contribution >= 0.6 is 11.6 Å². The Morgan fingerprint density at radius 3 is 2.71 bits per heavy atom. The van der Waals surface area contributed by atoms with E-state index < -0.39 is 0 Å². The first-order chi connectivity index (χ1) is 8.06. The standard InChI is InChI=1S/C14H21ClN2/c1-10(2)17(8-11-3-4-11)9-12-7-13(16)5-6-14(12)15/h5-7,10-11H,3-4,8-9,16H2,1-2H3. The summed E-state index contributed by atoms with van der Waals surface area (Å²) in [6.45, 7) is 6.56. The van der Waals surface area contributed by atoms with Crippen LogP contribution in [0.4, 0.5) is 5.69 Å². The average Bonchev–Trinajstić information content (AvgIpc) is 3.06. The fourth-order valence-electron chi connectivity index (χ4n) is 2.02. The van der Waals surface area contributed by atoms with Crippen LogP contribution in [0.5, 0.6) is 0 Å². The largest absolute Gasteiger partial charge is 0.399 e. The molecule has 0 aliphatic heterocycles. The van der Waals surface area contributed by atoms with Gasteiger partial charge in [0.15, 0.2) is 0 Å². The molecule has 2 nitrogen and oxygen atoms in total. The third kappa shape index (κ3) is 3.62. The van der Waals surface area contributed by atoms with E-state index in [2.05, 4.69) is 18.7 Å². The Bertz CT molecular complexity index is 386. The summed E-state index contributed by atoms with van der Waals surface area (Å²) in [5.74, 6) is 0.900. The number of nitrogen functional groups attached to an aromatic ring is 1. The van der Waals surface area contributed by atoms with Crippen LogP contribution in [0.25, 0.3) is 0 Å². The van der Waals surface area contributed by atoms with Gasteiger partial charge in [0.25, 0.3) is 0 Å². The fourth-order valence-corrected chi connectivity index (χ4v) is 2.20. The maximum Gasteiger partial charge on any atom is 0.0452 e. The van der Waals surface area contributed by atoms with Crippen LogP contribution in [0.2, 0.25) is 5.02 Å². The molecule has 1 saturated carbocycles. The molecule has 0 aromatic heterocycles. The summed E-state index contributed by atoms with van der Waals surface area (Å²) in [6.07, 6.45) is 2.77. The van der Waals surface area contributed by atoms with Gasteiger partial charge in [-0.2, -0.15) is 0 Å². The Balaban J connectivity index is 2.07. The summed E-state index contributed by atoms with van der Waals surface area (Å²) in [7, 11) is 0. The van der Waals surface area contributed by atoms with Crippen molar-refractivity contribution >= 4 is 17.3 Å². The SMILES string of the molecule is CC(C)N(Cc1cc(N)ccc1Cl)CC1CC1. The molecule has 0 bridgehead atoms. The minimum Gasteiger partial charge on any atom is -0.399 e. The first-order valence-electron chi connectivity index (χ1n) is 6.34. The molecule has 1 aliphatic rings. The number of rotatable bonds is 5. The molecule has 1 fully saturated rings. The molecule has 0 radical (unpaired) electrons. The van der Waals surface area contributed by atoms with E-state index in [-0.39, 0.29) is 0 Å². The van der Waals surface area contributed by atoms with Gasteiger partial charge < -0.3 is 5.73 Å². The minimum atomic E-state index is 0.549. The zero-order valence-electron chi connectivity index (χ0n) is 10.6. The van der Waals surface area contributed by atoms with E-state index in [1.54, 1.807) is 0 Å². The molecule has 0 saturated heterocycles. The van der Waals surface area contributed by atoms with Crippen LogP contribution in [0.3, 0.4) is 0 Å². The number of hydrogen-bond donors (Lipinski definition) is 1. The molecule has 0 heterocycles. The van der Waals surface area contributed by atoms with Crippen LogP contribution in [0, 0.1) is 5.92 Å². The average molecular weight is 253 g/mol. The highest BCUT2D eigenvalue weighted by Gasteiger charge is 2.25. The second-order valence-corrected chi connectivity index (χ2v) is 5.72. The van der Waals surface area contributed by atoms with Crippen molar-refractivity contribution < 1.29 is 0 Å². The van der Waals surface area contributed by atoms with Gasteiger partial charge in [-0.25, -0.2) is 0 Å². The second-order valence-electron chi connectivity index (χ2n) is 5.32. The summed E-state index contributed by atoms with van der Waals surface area (Å²) >= 11 is 6.21. The minimum absolute atomic E-state index is 0.549. The number of halogens is 1. The van der Waals surface area contributed by atoms with Crippen LogP contribution < -0.4 is 5.73 Å². The van der Waals surface area contributed by atoms with Crippen molar-refractivity contribution in [2.45, 2.75) is 39.3 Å². The van der Waals surface area contributed by atoms with Gasteiger partial charge in [0, 0.05) is 29.8 Å². The van der Waals surface area contributed by atoms with E-state index in [4.69, 9.17) is 17.3 Å². The Kier molecular flexibility index (Phi) is 3.95. The smallest absolute Gasteiger partial charge is 0.0452 e. The monoisotopic (exact) mass is 252 g/mol. The first kappa shape index (κ1) is 12.7. The van der Waals surface area contributed by atoms with Crippen LogP contribution in [0.1, 0.15) is 32.3 Å². The number of benzene rings is 1. The van der Waals surface area contributed by atoms with Crippen molar-refractivity contribution in [1.29, 1.82) is 0 Å². The van der Waals surface area contributed by atoms with E-state index in [1.165, 1.54) is 19.4 Å². The summed E-state index contributed by atoms with van der Waals surface area (Å²) in [5, 5.41) is 0.820. The van der Waals surface area contributed by atoms with Crippen LogP contribution in [0.15, 0.2) is 18.2 Å². The van der Waals surface area contributed by atoms with Crippen molar-refractivity contribution in [3.63, 3.8) is 0 Å². The summed E-state index contributed by atoms with van der Waals surface area (Å²) in [4.78, 5) is 2.48. The van der Waals surface area contributed by atoms with Gasteiger partial charge in [0.05, 0.1) is 0 Å². The molecular weight excluding hydrogens is 232 g/mol. The molecule has 0 unspecified atom stereocenters. The summed E-state index contributed by atoms with van der Waals surface area (Å²) < 4.78 is 0.